The van der Waals surface area contributed by atoms with Gasteiger partial charge in [0.05, 0.1) is 6.10 Å². The fraction of sp³-hybridized carbons (Fsp3) is 0.731. The van der Waals surface area contributed by atoms with E-state index in [2.05, 4.69) is 5.32 Å². The summed E-state index contributed by atoms with van der Waals surface area (Å²) in [6.07, 6.45) is 3.48. The summed E-state index contributed by atoms with van der Waals surface area (Å²) < 4.78 is 37.7. The number of halogens is 2. The maximum Gasteiger partial charge on any atom is 0.323 e. The number of hydrogen-bond donors (Lipinski definition) is 2. The topological polar surface area (TPSA) is 92.7 Å². The summed E-state index contributed by atoms with van der Waals surface area (Å²) in [4.78, 5) is 37.3. The molecule has 0 bridgehead atoms. The van der Waals surface area contributed by atoms with Gasteiger partial charge in [-0.2, -0.15) is 0 Å². The van der Waals surface area contributed by atoms with Crippen LogP contribution in [0.4, 0.5) is 8.78 Å². The van der Waals surface area contributed by atoms with E-state index in [4.69, 9.17) is 4.74 Å². The van der Waals surface area contributed by atoms with E-state index in [-0.39, 0.29) is 48.5 Å². The van der Waals surface area contributed by atoms with E-state index in [1.165, 1.54) is 18.2 Å². The van der Waals surface area contributed by atoms with Crippen molar-refractivity contribution in [2.24, 2.45) is 28.6 Å². The van der Waals surface area contributed by atoms with Gasteiger partial charge >= 0.3 is 5.97 Å². The number of ether oxygens (including phenoxy) is 1. The molecule has 0 spiro atoms. The number of ketones is 2. The number of fused-ring (bicyclic) bond motifs is 5. The zero-order chi connectivity index (χ0) is 24.5. The molecule has 8 heteroatoms. The van der Waals surface area contributed by atoms with Gasteiger partial charge in [0.15, 0.2) is 17.2 Å². The van der Waals surface area contributed by atoms with E-state index >= 15 is 8.78 Å². The lowest BCUT2D eigenvalue weighted by Crippen LogP contribution is -2.68. The van der Waals surface area contributed by atoms with Crippen LogP contribution < -0.4 is 5.32 Å². The largest absolute Gasteiger partial charge is 0.457 e. The van der Waals surface area contributed by atoms with Crippen molar-refractivity contribution in [3.63, 3.8) is 0 Å². The van der Waals surface area contributed by atoms with Crippen molar-refractivity contribution in [1.82, 2.24) is 5.32 Å². The number of rotatable bonds is 4. The molecule has 2 N–H and O–H groups in total. The number of aliphatic hydroxyl groups is 1. The molecule has 6 unspecified atom stereocenters. The second-order valence-electron chi connectivity index (χ2n) is 11.3. The number of carbonyl (C=O) groups excluding carboxylic acids is 3. The van der Waals surface area contributed by atoms with E-state index in [9.17, 15) is 19.5 Å². The van der Waals surface area contributed by atoms with Crippen LogP contribution in [0.3, 0.4) is 0 Å². The molecule has 1 saturated heterocycles. The van der Waals surface area contributed by atoms with Gasteiger partial charge in [0, 0.05) is 17.3 Å². The van der Waals surface area contributed by atoms with Crippen LogP contribution >= 0.6 is 0 Å². The molecule has 5 aliphatic rings. The highest BCUT2D eigenvalue weighted by Gasteiger charge is 2.72. The highest BCUT2D eigenvalue weighted by Crippen LogP contribution is 2.69. The average molecular weight is 478 g/mol. The summed E-state index contributed by atoms with van der Waals surface area (Å²) in [6, 6.07) is -0.384. The van der Waals surface area contributed by atoms with Crippen LogP contribution in [-0.2, 0) is 19.1 Å². The first-order valence-corrected chi connectivity index (χ1v) is 12.4. The maximum atomic E-state index is 17.0. The summed E-state index contributed by atoms with van der Waals surface area (Å²) in [6.45, 7) is 3.86. The molecule has 6 nitrogen and oxygen atoms in total. The third kappa shape index (κ3) is 3.20. The number of aliphatic hydroxyl groups excluding tert-OH is 1. The van der Waals surface area contributed by atoms with Crippen LogP contribution in [0.5, 0.6) is 0 Å². The van der Waals surface area contributed by atoms with Crippen molar-refractivity contribution in [3.8, 4) is 0 Å². The molecule has 0 aromatic heterocycles. The number of esters is 1. The predicted molar refractivity (Wildman–Crippen MR) is 119 cm³/mol. The summed E-state index contributed by atoms with van der Waals surface area (Å²) in [5, 5.41) is 14.3. The smallest absolute Gasteiger partial charge is 0.323 e. The van der Waals surface area contributed by atoms with Crippen molar-refractivity contribution in [3.05, 3.63) is 23.8 Å². The molecular weight excluding hydrogens is 444 g/mol. The quantitative estimate of drug-likeness (QED) is 0.605. The van der Waals surface area contributed by atoms with Crippen LogP contribution in [0.15, 0.2) is 23.8 Å². The van der Waals surface area contributed by atoms with Crippen LogP contribution in [0.1, 0.15) is 52.4 Å². The molecule has 1 heterocycles. The Morgan fingerprint density at radius 1 is 1.24 bits per heavy atom. The van der Waals surface area contributed by atoms with Crippen LogP contribution in [0.25, 0.3) is 0 Å². The minimum Gasteiger partial charge on any atom is -0.457 e. The van der Waals surface area contributed by atoms with E-state index in [1.54, 1.807) is 6.92 Å². The fourth-order valence-electron chi connectivity index (χ4n) is 7.96. The Kier molecular flexibility index (Phi) is 5.63. The Morgan fingerprint density at radius 2 is 2.00 bits per heavy atom. The number of Topliss-reactive ketones (excluding diaryl/α,β-unsaturated/α-hetero) is 1. The molecule has 0 aromatic carbocycles. The van der Waals surface area contributed by atoms with Gasteiger partial charge in [-0.1, -0.05) is 13.0 Å². The van der Waals surface area contributed by atoms with Crippen LogP contribution in [0.2, 0.25) is 0 Å². The van der Waals surface area contributed by atoms with Crippen molar-refractivity contribution < 1.29 is 33.0 Å². The molecule has 186 valence electrons. The molecule has 3 saturated carbocycles. The van der Waals surface area contributed by atoms with Gasteiger partial charge in [0.2, 0.25) is 0 Å². The van der Waals surface area contributed by atoms with Gasteiger partial charge in [-0.25, -0.2) is 8.78 Å². The van der Waals surface area contributed by atoms with Gasteiger partial charge in [0.25, 0.3) is 0 Å². The molecular formula is C26H33F2NO5. The first-order chi connectivity index (χ1) is 16.0. The number of allylic oxidation sites excluding steroid dienone is 4. The normalized spacial score (nSPS) is 47.4. The second kappa shape index (κ2) is 8.05. The average Bonchev–Trinajstić information content (AvgIpc) is 3.44. The van der Waals surface area contributed by atoms with Crippen LogP contribution in [0, 0.1) is 28.6 Å². The van der Waals surface area contributed by atoms with E-state index in [0.29, 0.717) is 19.3 Å². The molecule has 1 aliphatic heterocycles. The van der Waals surface area contributed by atoms with Crippen molar-refractivity contribution >= 4 is 17.5 Å². The van der Waals surface area contributed by atoms with Crippen molar-refractivity contribution in [2.45, 2.75) is 76.4 Å². The van der Waals surface area contributed by atoms with E-state index in [0.717, 1.165) is 13.0 Å². The monoisotopic (exact) mass is 477 g/mol. The Bertz CT molecular complexity index is 974. The highest BCUT2D eigenvalue weighted by molar-refractivity contribution is 6.01. The minimum atomic E-state index is -2.14. The van der Waals surface area contributed by atoms with Crippen molar-refractivity contribution in [1.29, 1.82) is 0 Å². The highest BCUT2D eigenvalue weighted by atomic mass is 19.1. The summed E-state index contributed by atoms with van der Waals surface area (Å²) in [5.74, 6) is -2.62. The minimum absolute atomic E-state index is 0.0564. The molecule has 34 heavy (non-hydrogen) atoms. The SMILES string of the molecule is CC12CC(O)[C@@]3(F)C(C[C@H](F)C4=CC(=O)C=CC43C)C1CC[C@@H]2C(=O)COC(=O)C1CCCN1. The second-order valence-corrected chi connectivity index (χ2v) is 11.3. The van der Waals surface area contributed by atoms with E-state index < -0.39 is 46.6 Å². The number of hydrogen-bond acceptors (Lipinski definition) is 6. The van der Waals surface area contributed by atoms with Gasteiger partial charge in [0.1, 0.15) is 18.8 Å². The summed E-state index contributed by atoms with van der Waals surface area (Å²) in [7, 11) is 0. The number of nitrogens with one attached hydrogen (secondary N) is 1. The predicted octanol–water partition coefficient (Wildman–Crippen LogP) is 2.79. The zero-order valence-electron chi connectivity index (χ0n) is 19.7. The van der Waals surface area contributed by atoms with Gasteiger partial charge in [-0.05, 0) is 81.1 Å². The van der Waals surface area contributed by atoms with Crippen LogP contribution in [-0.4, -0.2) is 59.8 Å². The first-order valence-electron chi connectivity index (χ1n) is 12.4. The third-order valence-electron chi connectivity index (χ3n) is 9.72. The molecule has 4 fully saturated rings. The van der Waals surface area contributed by atoms with Gasteiger partial charge in [-0.3, -0.25) is 14.4 Å². The number of alkyl halides is 2. The first kappa shape index (κ1) is 23.8. The summed E-state index contributed by atoms with van der Waals surface area (Å²) in [5.41, 5.74) is -4.18. The molecule has 0 amide bonds. The molecule has 9 atom stereocenters. The van der Waals surface area contributed by atoms with Gasteiger partial charge in [-0.15, -0.1) is 0 Å². The molecule has 5 rings (SSSR count). The third-order valence-corrected chi connectivity index (χ3v) is 9.72. The Labute approximate surface area is 198 Å². The van der Waals surface area contributed by atoms with Gasteiger partial charge < -0.3 is 15.2 Å². The maximum absolute atomic E-state index is 17.0. The molecule has 0 aromatic rings. The van der Waals surface area contributed by atoms with Crippen molar-refractivity contribution in [2.75, 3.05) is 13.2 Å². The van der Waals surface area contributed by atoms with E-state index in [1.807, 2.05) is 6.92 Å². The fourth-order valence-corrected chi connectivity index (χ4v) is 7.96. The lowest BCUT2D eigenvalue weighted by atomic mass is 9.45. The molecule has 0 radical (unpaired) electrons. The molecule has 4 aliphatic carbocycles. The summed E-state index contributed by atoms with van der Waals surface area (Å²) >= 11 is 0. The Morgan fingerprint density at radius 3 is 2.71 bits per heavy atom. The standard InChI is InChI=1S/C26H33F2NO5/c1-24-12-22(32)26(28)17(11-19(27)18-10-14(30)7-8-25(18,26)2)15(24)5-6-16(24)21(31)13-34-23(33)20-4-3-9-29-20/h7-8,10,15-17,19-20,22,29,32H,3-6,9,11-13H2,1-2H3/t15?,16-,17?,19+,20?,22?,24?,25?,26+/m1/s1. The lowest BCUT2D eigenvalue weighted by molar-refractivity contribution is -0.202. The number of carbonyl (C=O) groups is 3. The lowest BCUT2D eigenvalue weighted by Gasteiger charge is -2.62. The Hall–Kier alpha value is -1.93. The zero-order valence-corrected chi connectivity index (χ0v) is 19.7. The Balaban J connectivity index is 1.38.